The highest BCUT2D eigenvalue weighted by Gasteiger charge is 2.06. The fourth-order valence-corrected chi connectivity index (χ4v) is 3.54. The number of hydrogen-bond acceptors (Lipinski definition) is 3. The van der Waals surface area contributed by atoms with Crippen LogP contribution in [0.3, 0.4) is 0 Å². The maximum Gasteiger partial charge on any atom is 0.303 e. The first-order valence-corrected chi connectivity index (χ1v) is 11.6. The first-order chi connectivity index (χ1) is 15.0. The minimum atomic E-state index is -0.840. The van der Waals surface area contributed by atoms with Crippen molar-refractivity contribution in [2.75, 3.05) is 16.0 Å². The van der Waals surface area contributed by atoms with E-state index >= 15 is 0 Å². The summed E-state index contributed by atoms with van der Waals surface area (Å²) in [7, 11) is 0. The normalized spacial score (nSPS) is 10.5. The Morgan fingerprint density at radius 3 is 1.61 bits per heavy atom. The molecule has 2 rings (SSSR count). The number of aliphatic carboxylic acids is 1. The molecule has 2 aromatic carbocycles. The van der Waals surface area contributed by atoms with Gasteiger partial charge >= 0.3 is 5.97 Å². The number of hydrogen-bond donors (Lipinski definition) is 3. The number of carbonyl (C=O) groups excluding carboxylic acids is 2. The van der Waals surface area contributed by atoms with E-state index in [1.54, 1.807) is 0 Å². The Morgan fingerprint density at radius 1 is 0.677 bits per heavy atom. The Balaban J connectivity index is 1.66. The number of halogens is 1. The second-order valence-corrected chi connectivity index (χ2v) is 8.18. The van der Waals surface area contributed by atoms with Gasteiger partial charge in [-0.25, -0.2) is 0 Å². The first kappa shape index (κ1) is 24.6. The van der Waals surface area contributed by atoms with Crippen LogP contribution in [0, 0.1) is 0 Å². The average molecular weight is 489 g/mol. The van der Waals surface area contributed by atoms with Crippen molar-refractivity contribution in [2.24, 2.45) is 0 Å². The van der Waals surface area contributed by atoms with Gasteiger partial charge in [0.1, 0.15) is 0 Å². The molecule has 0 aliphatic heterocycles. The van der Waals surface area contributed by atoms with Gasteiger partial charge in [0, 0.05) is 36.0 Å². The lowest BCUT2D eigenvalue weighted by Crippen LogP contribution is -2.12. The monoisotopic (exact) mass is 488 g/mol. The number of aryl methyl sites for hydroxylation is 2. The molecule has 3 N–H and O–H groups in total. The number of benzene rings is 2. The van der Waals surface area contributed by atoms with Crippen molar-refractivity contribution in [3.05, 3.63) is 59.7 Å². The largest absolute Gasteiger partial charge is 0.481 e. The quantitative estimate of drug-likeness (QED) is 0.267. The highest BCUT2D eigenvalue weighted by Crippen LogP contribution is 2.14. The molecule has 0 atom stereocenters. The van der Waals surface area contributed by atoms with E-state index in [0.717, 1.165) is 35.8 Å². The van der Waals surface area contributed by atoms with Crippen molar-refractivity contribution < 1.29 is 19.5 Å². The molecule has 0 aliphatic rings. The van der Waals surface area contributed by atoms with Gasteiger partial charge in [-0.05, 0) is 67.5 Å². The second-order valence-electron chi connectivity index (χ2n) is 7.38. The van der Waals surface area contributed by atoms with Gasteiger partial charge in [0.25, 0.3) is 0 Å². The summed E-state index contributed by atoms with van der Waals surface area (Å²) in [6.45, 7) is 0. The third-order valence-electron chi connectivity index (χ3n) is 4.77. The van der Waals surface area contributed by atoms with Crippen molar-refractivity contribution in [3.63, 3.8) is 0 Å². The molecule has 0 aromatic heterocycles. The molecule has 0 bridgehead atoms. The Bertz CT molecular complexity index is 851. The van der Waals surface area contributed by atoms with Crippen LogP contribution in [0.5, 0.6) is 0 Å². The Labute approximate surface area is 191 Å². The number of carbonyl (C=O) groups is 3. The lowest BCUT2D eigenvalue weighted by Gasteiger charge is -2.08. The summed E-state index contributed by atoms with van der Waals surface area (Å²) in [6, 6.07) is 15.5. The lowest BCUT2D eigenvalue weighted by molar-refractivity contribution is -0.137. The van der Waals surface area contributed by atoms with Gasteiger partial charge in [-0.3, -0.25) is 14.4 Å². The van der Waals surface area contributed by atoms with Crippen LogP contribution >= 0.6 is 15.9 Å². The topological polar surface area (TPSA) is 95.5 Å². The van der Waals surface area contributed by atoms with Crippen molar-refractivity contribution in [2.45, 2.75) is 51.4 Å². The molecule has 0 unspecified atom stereocenters. The molecule has 0 spiro atoms. The molecule has 0 aliphatic carbocycles. The Hall–Kier alpha value is -2.67. The minimum Gasteiger partial charge on any atom is -0.481 e. The van der Waals surface area contributed by atoms with Gasteiger partial charge in [0.05, 0.1) is 0 Å². The summed E-state index contributed by atoms with van der Waals surface area (Å²) in [5, 5.41) is 15.3. The summed E-state index contributed by atoms with van der Waals surface area (Å²) in [4.78, 5) is 34.5. The van der Waals surface area contributed by atoms with Crippen molar-refractivity contribution >= 4 is 45.1 Å². The Kier molecular flexibility index (Phi) is 10.8. The number of carboxylic acid groups (broad SMARTS) is 1. The molecule has 7 heteroatoms. The fourth-order valence-electron chi connectivity index (χ4n) is 3.08. The van der Waals surface area contributed by atoms with Gasteiger partial charge in [0.2, 0.25) is 11.8 Å². The molecule has 0 radical (unpaired) electrons. The summed E-state index contributed by atoms with van der Waals surface area (Å²) < 4.78 is 0. The zero-order valence-corrected chi connectivity index (χ0v) is 19.1. The van der Waals surface area contributed by atoms with Gasteiger partial charge < -0.3 is 15.7 Å². The van der Waals surface area contributed by atoms with Crippen LogP contribution in [0.15, 0.2) is 48.5 Å². The zero-order valence-electron chi connectivity index (χ0n) is 17.5. The summed E-state index contributed by atoms with van der Waals surface area (Å²) in [6.07, 6.45) is 4.37. The maximum absolute atomic E-state index is 12.1. The molecule has 166 valence electrons. The predicted molar refractivity (Wildman–Crippen MR) is 127 cm³/mol. The Morgan fingerprint density at radius 2 is 1.13 bits per heavy atom. The van der Waals surface area contributed by atoms with Crippen molar-refractivity contribution in [3.8, 4) is 0 Å². The number of unbranched alkanes of at least 4 members (excludes halogenated alkanes) is 1. The number of nitrogens with one attached hydrogen (secondary N) is 2. The molecular formula is C24H29BrN2O4. The van der Waals surface area contributed by atoms with E-state index in [4.69, 9.17) is 5.11 Å². The van der Waals surface area contributed by atoms with Crippen LogP contribution in [0.2, 0.25) is 0 Å². The SMILES string of the molecule is O=C(O)CCCCC(=O)Nc1ccc(CCCC(=O)Nc2ccc(CCBr)cc2)cc1. The highest BCUT2D eigenvalue weighted by atomic mass is 79.9. The minimum absolute atomic E-state index is 0.0000213. The van der Waals surface area contributed by atoms with Gasteiger partial charge in [-0.15, -0.1) is 0 Å². The first-order valence-electron chi connectivity index (χ1n) is 10.5. The highest BCUT2D eigenvalue weighted by molar-refractivity contribution is 9.09. The number of anilines is 2. The number of rotatable bonds is 13. The zero-order chi connectivity index (χ0) is 22.5. The summed E-state index contributed by atoms with van der Waals surface area (Å²) in [5.74, 6) is -0.955. The number of amides is 2. The van der Waals surface area contributed by atoms with E-state index in [2.05, 4.69) is 26.6 Å². The van der Waals surface area contributed by atoms with Crippen LogP contribution in [-0.4, -0.2) is 28.2 Å². The maximum atomic E-state index is 12.1. The van der Waals surface area contributed by atoms with E-state index in [-0.39, 0.29) is 18.2 Å². The summed E-state index contributed by atoms with van der Waals surface area (Å²) in [5.41, 5.74) is 3.86. The van der Waals surface area contributed by atoms with E-state index in [1.165, 1.54) is 5.56 Å². The number of alkyl halides is 1. The molecule has 6 nitrogen and oxygen atoms in total. The third kappa shape index (κ3) is 10.3. The summed E-state index contributed by atoms with van der Waals surface area (Å²) >= 11 is 3.42. The molecule has 31 heavy (non-hydrogen) atoms. The van der Waals surface area contributed by atoms with E-state index < -0.39 is 5.97 Å². The lowest BCUT2D eigenvalue weighted by atomic mass is 10.1. The smallest absolute Gasteiger partial charge is 0.303 e. The molecular weight excluding hydrogens is 460 g/mol. The van der Waals surface area contributed by atoms with Crippen LogP contribution in [0.1, 0.15) is 49.7 Å². The van der Waals surface area contributed by atoms with Crippen LogP contribution in [-0.2, 0) is 27.2 Å². The van der Waals surface area contributed by atoms with Gasteiger partial charge in [0.15, 0.2) is 0 Å². The van der Waals surface area contributed by atoms with Gasteiger partial charge in [-0.1, -0.05) is 40.2 Å². The van der Waals surface area contributed by atoms with Crippen molar-refractivity contribution in [1.29, 1.82) is 0 Å². The molecule has 0 heterocycles. The van der Waals surface area contributed by atoms with E-state index in [9.17, 15) is 14.4 Å². The van der Waals surface area contributed by atoms with Gasteiger partial charge in [-0.2, -0.15) is 0 Å². The third-order valence-corrected chi connectivity index (χ3v) is 5.17. The molecule has 0 fully saturated rings. The van der Waals surface area contributed by atoms with Crippen LogP contribution < -0.4 is 10.6 Å². The molecule has 0 saturated carbocycles. The molecule has 2 aromatic rings. The van der Waals surface area contributed by atoms with Crippen LogP contribution in [0.25, 0.3) is 0 Å². The fraction of sp³-hybridized carbons (Fsp3) is 0.375. The molecule has 0 saturated heterocycles. The van der Waals surface area contributed by atoms with E-state index in [1.807, 2.05) is 48.5 Å². The van der Waals surface area contributed by atoms with E-state index in [0.29, 0.717) is 31.4 Å². The standard InChI is InChI=1S/C24H29BrN2O4/c25-17-16-19-10-14-21(15-11-19)27-23(29)6-3-4-18-8-12-20(13-9-18)26-22(28)5-1-2-7-24(30)31/h8-15H,1-7,16-17H2,(H,26,28)(H,27,29)(H,30,31). The second kappa shape index (κ2) is 13.6. The molecule has 2 amide bonds. The average Bonchev–Trinajstić information content (AvgIpc) is 2.74. The van der Waals surface area contributed by atoms with Crippen LogP contribution in [0.4, 0.5) is 11.4 Å². The predicted octanol–water partition coefficient (Wildman–Crippen LogP) is 5.17. The number of carboxylic acids is 1. The van der Waals surface area contributed by atoms with Crippen molar-refractivity contribution in [1.82, 2.24) is 0 Å².